The molecule has 5 aromatic rings. The van der Waals surface area contributed by atoms with Crippen molar-refractivity contribution in [2.45, 2.75) is 32.9 Å². The molecule has 0 aliphatic rings. The summed E-state index contributed by atoms with van der Waals surface area (Å²) in [5.41, 5.74) is 10.6. The highest BCUT2D eigenvalue weighted by Crippen LogP contribution is 2.18. The summed E-state index contributed by atoms with van der Waals surface area (Å²) in [7, 11) is 0. The number of nitrogen functional groups attached to an aromatic ring is 1. The number of benzene rings is 2. The van der Waals surface area contributed by atoms with Crippen molar-refractivity contribution in [3.05, 3.63) is 118 Å². The smallest absolute Gasteiger partial charge is 0.278 e. The van der Waals surface area contributed by atoms with Gasteiger partial charge in [-0.1, -0.05) is 71.7 Å². The highest BCUT2D eigenvalue weighted by Gasteiger charge is 2.25. The Morgan fingerprint density at radius 2 is 1.75 bits per heavy atom. The van der Waals surface area contributed by atoms with Crippen molar-refractivity contribution in [2.24, 2.45) is 0 Å². The van der Waals surface area contributed by atoms with Crippen molar-refractivity contribution < 1.29 is 9.36 Å². The van der Waals surface area contributed by atoms with Gasteiger partial charge in [0.25, 0.3) is 17.1 Å². The summed E-state index contributed by atoms with van der Waals surface area (Å²) in [5.74, 6) is -0.0611. The average Bonchev–Trinajstić information content (AvgIpc) is 2.90. The number of hydrogen-bond acceptors (Lipinski definition) is 4. The van der Waals surface area contributed by atoms with Crippen LogP contribution in [0.15, 0.2) is 89.9 Å². The molecule has 0 radical (unpaired) electrons. The number of rotatable bonds is 6. The molecule has 180 valence electrons. The van der Waals surface area contributed by atoms with Gasteiger partial charge < -0.3 is 11.1 Å². The first-order valence-electron chi connectivity index (χ1n) is 12.0. The molecule has 0 aliphatic heterocycles. The first-order chi connectivity index (χ1) is 17.4. The van der Waals surface area contributed by atoms with Gasteiger partial charge in [0.2, 0.25) is 11.5 Å². The number of hydrogen-bond donors (Lipinski definition) is 2. The number of nitrogens with two attached hydrogens (primary N) is 1. The number of pyridine rings is 2. The van der Waals surface area contributed by atoms with Gasteiger partial charge in [-0.3, -0.25) is 14.0 Å². The molecule has 36 heavy (non-hydrogen) atoms. The Balaban J connectivity index is 1.65. The van der Waals surface area contributed by atoms with E-state index in [1.54, 1.807) is 16.8 Å². The molecule has 5 rings (SSSR count). The highest BCUT2D eigenvalue weighted by atomic mass is 16.2. The number of anilines is 1. The number of carbonyl (C=O) groups excluding carboxylic acids is 1. The summed E-state index contributed by atoms with van der Waals surface area (Å²) >= 11 is 0. The van der Waals surface area contributed by atoms with E-state index in [9.17, 15) is 9.59 Å². The van der Waals surface area contributed by atoms with E-state index in [2.05, 4.69) is 5.32 Å². The monoisotopic (exact) mass is 478 g/mol. The third-order valence-electron chi connectivity index (χ3n) is 6.53. The van der Waals surface area contributed by atoms with Crippen LogP contribution in [0.3, 0.4) is 0 Å². The van der Waals surface area contributed by atoms with Gasteiger partial charge in [0.15, 0.2) is 0 Å². The van der Waals surface area contributed by atoms with Gasteiger partial charge in [0.05, 0.1) is 12.6 Å². The molecule has 3 N–H and O–H groups in total. The van der Waals surface area contributed by atoms with E-state index in [-0.39, 0.29) is 28.9 Å². The third-order valence-corrected chi connectivity index (χ3v) is 6.53. The maximum Gasteiger partial charge on any atom is 0.278 e. The van der Waals surface area contributed by atoms with Gasteiger partial charge >= 0.3 is 0 Å². The van der Waals surface area contributed by atoms with Crippen molar-refractivity contribution in [2.75, 3.05) is 5.73 Å². The molecule has 1 atom stereocenters. The molecular formula is C29H28N5O2+. The fourth-order valence-corrected chi connectivity index (χ4v) is 4.50. The van der Waals surface area contributed by atoms with E-state index in [0.717, 1.165) is 16.7 Å². The minimum atomic E-state index is -0.340. The Bertz CT molecular complexity index is 1630. The number of fused-ring (bicyclic) bond motifs is 2. The number of nitrogens with one attached hydrogen (secondary N) is 1. The van der Waals surface area contributed by atoms with Crippen molar-refractivity contribution in [3.63, 3.8) is 0 Å². The van der Waals surface area contributed by atoms with Crippen LogP contribution in [0.2, 0.25) is 0 Å². The van der Waals surface area contributed by atoms with Crippen LogP contribution >= 0.6 is 0 Å². The van der Waals surface area contributed by atoms with Gasteiger partial charge in [-0.25, -0.2) is 4.57 Å². The lowest BCUT2D eigenvalue weighted by atomic mass is 10.1. The number of aryl methyl sites for hydroxylation is 3. The topological polar surface area (TPSA) is 93.4 Å². The lowest BCUT2D eigenvalue weighted by Gasteiger charge is -2.16. The number of amides is 1. The van der Waals surface area contributed by atoms with E-state index >= 15 is 0 Å². The zero-order chi connectivity index (χ0) is 25.2. The maximum atomic E-state index is 13.5. The standard InChI is InChI=1S/C29H27N5O2/c1-19-10-9-16-34-26(19)32-27-24(29(34)36)18-23(28(35)31-20(2)22-13-7-4-8-14-22)25(30)33(27)17-15-21-11-5-3-6-12-21/h3-14,16,18,20,30H,15,17H2,1-2H3,(H,31,35)/p+1/t20-/m0/s1. The Hall–Kier alpha value is -4.52. The second-order valence-electron chi connectivity index (χ2n) is 8.98. The molecule has 1 amide bonds. The lowest BCUT2D eigenvalue weighted by molar-refractivity contribution is -0.658. The van der Waals surface area contributed by atoms with Crippen LogP contribution in [-0.4, -0.2) is 15.3 Å². The Labute approximate surface area is 208 Å². The number of carbonyl (C=O) groups is 1. The van der Waals surface area contributed by atoms with Crippen molar-refractivity contribution in [3.8, 4) is 0 Å². The summed E-state index contributed by atoms with van der Waals surface area (Å²) in [6.45, 7) is 4.30. The molecule has 7 nitrogen and oxygen atoms in total. The van der Waals surface area contributed by atoms with Gasteiger partial charge in [-0.05, 0) is 37.1 Å². The van der Waals surface area contributed by atoms with Gasteiger partial charge in [0.1, 0.15) is 10.9 Å². The lowest BCUT2D eigenvalue weighted by Crippen LogP contribution is -2.43. The zero-order valence-electron chi connectivity index (χ0n) is 20.3. The highest BCUT2D eigenvalue weighted by molar-refractivity contribution is 6.00. The summed E-state index contributed by atoms with van der Waals surface area (Å²) in [4.78, 5) is 31.8. The molecule has 3 aromatic heterocycles. The SMILES string of the molecule is Cc1cccn2c(=O)c3cc(C(=O)N[C@@H](C)c4ccccc4)c(N)[n+](CCc4ccccc4)c3nc12. The second kappa shape index (κ2) is 9.62. The molecule has 0 unspecified atom stereocenters. The predicted octanol–water partition coefficient (Wildman–Crippen LogP) is 3.76. The van der Waals surface area contributed by atoms with E-state index < -0.39 is 0 Å². The van der Waals surface area contributed by atoms with E-state index in [1.165, 1.54) is 4.40 Å². The summed E-state index contributed by atoms with van der Waals surface area (Å²) < 4.78 is 3.31. The van der Waals surface area contributed by atoms with Crippen LogP contribution in [-0.2, 0) is 13.0 Å². The molecular weight excluding hydrogens is 450 g/mol. The minimum Gasteiger partial charge on any atom is -0.345 e. The van der Waals surface area contributed by atoms with Crippen LogP contribution in [0.25, 0.3) is 16.7 Å². The van der Waals surface area contributed by atoms with Gasteiger partial charge in [-0.2, -0.15) is 0 Å². The first-order valence-corrected chi connectivity index (χ1v) is 12.0. The van der Waals surface area contributed by atoms with Crippen molar-refractivity contribution >= 4 is 28.4 Å². The molecule has 0 saturated carbocycles. The summed E-state index contributed by atoms with van der Waals surface area (Å²) in [6.07, 6.45) is 2.37. The second-order valence-corrected chi connectivity index (χ2v) is 8.98. The molecule has 0 fully saturated rings. The molecule has 0 saturated heterocycles. The molecule has 7 heteroatoms. The molecule has 0 aliphatic carbocycles. The number of aromatic nitrogens is 3. The number of nitrogens with zero attached hydrogens (tertiary/aromatic N) is 3. The minimum absolute atomic E-state index is 0.231. The summed E-state index contributed by atoms with van der Waals surface area (Å²) in [5, 5.41) is 3.37. The fourth-order valence-electron chi connectivity index (χ4n) is 4.50. The Morgan fingerprint density at radius 3 is 2.47 bits per heavy atom. The zero-order valence-corrected chi connectivity index (χ0v) is 20.3. The Kier molecular flexibility index (Phi) is 6.21. The molecule has 0 spiro atoms. The quantitative estimate of drug-likeness (QED) is 0.287. The first kappa shape index (κ1) is 23.2. The van der Waals surface area contributed by atoms with E-state index in [0.29, 0.717) is 29.6 Å². The van der Waals surface area contributed by atoms with Crippen LogP contribution in [0.5, 0.6) is 0 Å². The van der Waals surface area contributed by atoms with Crippen molar-refractivity contribution in [1.82, 2.24) is 14.7 Å². The third kappa shape index (κ3) is 4.31. The molecule has 0 bridgehead atoms. The van der Waals surface area contributed by atoms with Crippen LogP contribution < -0.4 is 21.2 Å². The Morgan fingerprint density at radius 1 is 1.06 bits per heavy atom. The van der Waals surface area contributed by atoms with Crippen LogP contribution in [0, 0.1) is 6.92 Å². The molecule has 3 heterocycles. The normalized spacial score (nSPS) is 12.1. The summed E-state index contributed by atoms with van der Waals surface area (Å²) in [6, 6.07) is 24.8. The van der Waals surface area contributed by atoms with Gasteiger partial charge in [0, 0.05) is 18.2 Å². The van der Waals surface area contributed by atoms with Gasteiger partial charge in [-0.15, -0.1) is 0 Å². The van der Waals surface area contributed by atoms with Crippen LogP contribution in [0.4, 0.5) is 5.82 Å². The fraction of sp³-hybridized carbons (Fsp3) is 0.172. The largest absolute Gasteiger partial charge is 0.345 e. The molecule has 2 aromatic carbocycles. The average molecular weight is 479 g/mol. The maximum absolute atomic E-state index is 13.5. The van der Waals surface area contributed by atoms with E-state index in [4.69, 9.17) is 10.7 Å². The van der Waals surface area contributed by atoms with Crippen LogP contribution in [0.1, 0.15) is 40.0 Å². The predicted molar refractivity (Wildman–Crippen MR) is 141 cm³/mol. The van der Waals surface area contributed by atoms with E-state index in [1.807, 2.05) is 86.6 Å². The van der Waals surface area contributed by atoms with Crippen molar-refractivity contribution in [1.29, 1.82) is 0 Å².